The maximum atomic E-state index is 8.70. The van der Waals surface area contributed by atoms with E-state index in [0.29, 0.717) is 0 Å². The van der Waals surface area contributed by atoms with Crippen molar-refractivity contribution in [3.8, 4) is 0 Å². The Hall–Kier alpha value is 0.500. The molecule has 48 valence electrons. The Bertz CT molecular complexity index is 94.6. The van der Waals surface area contributed by atoms with E-state index in [1.807, 2.05) is 0 Å². The van der Waals surface area contributed by atoms with Gasteiger partial charge in [-0.15, -0.1) is 0 Å². The standard InChI is InChI=1S/C5H8Br2O/c1-2-3-4(6)5(7)8/h8H,2-3H2,1H3/b5-4-. The molecule has 0 saturated carbocycles. The molecule has 0 aliphatic rings. The van der Waals surface area contributed by atoms with Crippen LogP contribution in [0.1, 0.15) is 19.8 Å². The van der Waals surface area contributed by atoms with Gasteiger partial charge in [-0.2, -0.15) is 0 Å². The van der Waals surface area contributed by atoms with E-state index in [0.717, 1.165) is 17.3 Å². The number of aliphatic hydroxyl groups excluding tert-OH is 1. The fraction of sp³-hybridized carbons (Fsp3) is 0.600. The molecule has 0 fully saturated rings. The van der Waals surface area contributed by atoms with Gasteiger partial charge >= 0.3 is 0 Å². The minimum atomic E-state index is 0.208. The Morgan fingerprint density at radius 3 is 2.12 bits per heavy atom. The fourth-order valence-electron chi connectivity index (χ4n) is 0.323. The van der Waals surface area contributed by atoms with Crippen molar-refractivity contribution in [2.24, 2.45) is 0 Å². The summed E-state index contributed by atoms with van der Waals surface area (Å²) in [7, 11) is 0. The van der Waals surface area contributed by atoms with E-state index in [-0.39, 0.29) is 4.67 Å². The second-order valence-corrected chi connectivity index (χ2v) is 3.15. The molecule has 3 heteroatoms. The summed E-state index contributed by atoms with van der Waals surface area (Å²) in [5.74, 6) is 0. The van der Waals surface area contributed by atoms with Crippen LogP contribution >= 0.6 is 31.9 Å². The van der Waals surface area contributed by atoms with Crippen molar-refractivity contribution in [2.45, 2.75) is 19.8 Å². The molecule has 0 rings (SSSR count). The van der Waals surface area contributed by atoms with Crippen LogP contribution in [0.3, 0.4) is 0 Å². The number of hydrogen-bond acceptors (Lipinski definition) is 1. The Kier molecular flexibility index (Phi) is 4.66. The molecule has 0 radical (unpaired) electrons. The lowest BCUT2D eigenvalue weighted by molar-refractivity contribution is 0.456. The molecule has 0 amide bonds. The molecule has 0 heterocycles. The van der Waals surface area contributed by atoms with Crippen molar-refractivity contribution in [1.29, 1.82) is 0 Å². The molecule has 0 aromatic heterocycles. The van der Waals surface area contributed by atoms with E-state index in [2.05, 4.69) is 38.8 Å². The Labute approximate surface area is 66.0 Å². The third-order valence-corrected chi connectivity index (χ3v) is 2.48. The van der Waals surface area contributed by atoms with Crippen LogP contribution in [-0.4, -0.2) is 5.11 Å². The zero-order chi connectivity index (χ0) is 6.57. The molecule has 0 aliphatic heterocycles. The minimum absolute atomic E-state index is 0.208. The van der Waals surface area contributed by atoms with E-state index in [9.17, 15) is 0 Å². The number of aliphatic hydroxyl groups is 1. The van der Waals surface area contributed by atoms with E-state index >= 15 is 0 Å². The van der Waals surface area contributed by atoms with Crippen LogP contribution in [0, 0.1) is 0 Å². The first kappa shape index (κ1) is 8.50. The fourth-order valence-corrected chi connectivity index (χ4v) is 0.917. The highest BCUT2D eigenvalue weighted by atomic mass is 79.9. The monoisotopic (exact) mass is 242 g/mol. The first-order valence-electron chi connectivity index (χ1n) is 2.41. The van der Waals surface area contributed by atoms with Crippen LogP contribution in [0.15, 0.2) is 9.15 Å². The lowest BCUT2D eigenvalue weighted by Gasteiger charge is -1.92. The molecule has 0 saturated heterocycles. The SMILES string of the molecule is CCC/C(Br)=C(/O)Br. The largest absolute Gasteiger partial charge is 0.501 e. The first-order chi connectivity index (χ1) is 3.68. The van der Waals surface area contributed by atoms with Gasteiger partial charge in [-0.3, -0.25) is 0 Å². The molecule has 0 unspecified atom stereocenters. The van der Waals surface area contributed by atoms with E-state index in [1.54, 1.807) is 0 Å². The van der Waals surface area contributed by atoms with Crippen molar-refractivity contribution in [2.75, 3.05) is 0 Å². The summed E-state index contributed by atoms with van der Waals surface area (Å²) in [5, 5.41) is 8.70. The third-order valence-electron chi connectivity index (χ3n) is 0.693. The maximum Gasteiger partial charge on any atom is 0.169 e. The van der Waals surface area contributed by atoms with Crippen molar-refractivity contribution >= 4 is 31.9 Å². The molecule has 0 atom stereocenters. The molecular formula is C5H8Br2O. The van der Waals surface area contributed by atoms with Crippen molar-refractivity contribution in [1.82, 2.24) is 0 Å². The van der Waals surface area contributed by atoms with E-state index < -0.39 is 0 Å². The number of hydrogen-bond donors (Lipinski definition) is 1. The van der Waals surface area contributed by atoms with Gasteiger partial charge < -0.3 is 5.11 Å². The van der Waals surface area contributed by atoms with Gasteiger partial charge in [-0.25, -0.2) is 0 Å². The van der Waals surface area contributed by atoms with Gasteiger partial charge in [0.1, 0.15) is 0 Å². The maximum absolute atomic E-state index is 8.70. The van der Waals surface area contributed by atoms with Gasteiger partial charge in [-0.1, -0.05) is 29.3 Å². The molecule has 0 spiro atoms. The lowest BCUT2D eigenvalue weighted by atomic mass is 10.3. The van der Waals surface area contributed by atoms with Gasteiger partial charge in [0.2, 0.25) is 0 Å². The Morgan fingerprint density at radius 2 is 2.00 bits per heavy atom. The van der Waals surface area contributed by atoms with Gasteiger partial charge in [0.05, 0.1) is 0 Å². The number of allylic oxidation sites excluding steroid dienone is 1. The highest BCUT2D eigenvalue weighted by molar-refractivity contribution is 9.14. The molecule has 8 heavy (non-hydrogen) atoms. The van der Waals surface area contributed by atoms with Gasteiger partial charge in [-0.05, 0) is 22.4 Å². The number of rotatable bonds is 2. The van der Waals surface area contributed by atoms with Gasteiger partial charge in [0.15, 0.2) is 4.67 Å². The van der Waals surface area contributed by atoms with Gasteiger partial charge in [0.25, 0.3) is 0 Å². The summed E-state index contributed by atoms with van der Waals surface area (Å²) < 4.78 is 1.04. The van der Waals surface area contributed by atoms with E-state index in [4.69, 9.17) is 5.11 Å². The molecule has 1 nitrogen and oxygen atoms in total. The zero-order valence-corrected chi connectivity index (χ0v) is 7.79. The summed E-state index contributed by atoms with van der Waals surface area (Å²) in [6.07, 6.45) is 1.92. The zero-order valence-electron chi connectivity index (χ0n) is 4.62. The molecular weight excluding hydrogens is 236 g/mol. The lowest BCUT2D eigenvalue weighted by Crippen LogP contribution is -1.73. The molecule has 0 aromatic carbocycles. The quantitative estimate of drug-likeness (QED) is 0.738. The van der Waals surface area contributed by atoms with Crippen LogP contribution in [0.5, 0.6) is 0 Å². The summed E-state index contributed by atoms with van der Waals surface area (Å²) >= 11 is 6.11. The smallest absolute Gasteiger partial charge is 0.169 e. The van der Waals surface area contributed by atoms with E-state index in [1.165, 1.54) is 0 Å². The summed E-state index contributed by atoms with van der Waals surface area (Å²) in [4.78, 5) is 0. The predicted octanol–water partition coefficient (Wildman–Crippen LogP) is 3.30. The summed E-state index contributed by atoms with van der Waals surface area (Å²) in [6.45, 7) is 2.05. The summed E-state index contributed by atoms with van der Waals surface area (Å²) in [5.41, 5.74) is 0. The third kappa shape index (κ3) is 3.50. The second kappa shape index (κ2) is 4.39. The minimum Gasteiger partial charge on any atom is -0.501 e. The topological polar surface area (TPSA) is 20.2 Å². The average Bonchev–Trinajstić information content (AvgIpc) is 1.67. The van der Waals surface area contributed by atoms with Crippen LogP contribution < -0.4 is 0 Å². The number of halogens is 2. The van der Waals surface area contributed by atoms with Crippen LogP contribution in [-0.2, 0) is 0 Å². The van der Waals surface area contributed by atoms with Gasteiger partial charge in [0, 0.05) is 4.48 Å². The summed E-state index contributed by atoms with van der Waals surface area (Å²) in [6, 6.07) is 0. The predicted molar refractivity (Wildman–Crippen MR) is 42.4 cm³/mol. The molecule has 0 bridgehead atoms. The molecule has 0 aromatic rings. The van der Waals surface area contributed by atoms with Crippen LogP contribution in [0.4, 0.5) is 0 Å². The first-order valence-corrected chi connectivity index (χ1v) is 4.00. The Morgan fingerprint density at radius 1 is 1.50 bits per heavy atom. The average molecular weight is 244 g/mol. The van der Waals surface area contributed by atoms with Crippen molar-refractivity contribution < 1.29 is 5.11 Å². The highest BCUT2D eigenvalue weighted by Gasteiger charge is 1.94. The second-order valence-electron chi connectivity index (χ2n) is 1.45. The Balaban J connectivity index is 3.62. The molecule has 1 N–H and O–H groups in total. The van der Waals surface area contributed by atoms with Crippen molar-refractivity contribution in [3.05, 3.63) is 9.15 Å². The van der Waals surface area contributed by atoms with Crippen LogP contribution in [0.25, 0.3) is 0 Å². The van der Waals surface area contributed by atoms with Crippen LogP contribution in [0.2, 0.25) is 0 Å². The highest BCUT2D eigenvalue weighted by Crippen LogP contribution is 2.19. The normalized spacial score (nSPS) is 13.4. The molecule has 0 aliphatic carbocycles. The van der Waals surface area contributed by atoms with Crippen molar-refractivity contribution in [3.63, 3.8) is 0 Å².